The first-order valence-electron chi connectivity index (χ1n) is 4.71. The molecule has 0 aliphatic heterocycles. The van der Waals surface area contributed by atoms with Crippen LogP contribution >= 0.6 is 15.9 Å². The van der Waals surface area contributed by atoms with Crippen LogP contribution in [0.1, 0.15) is 17.0 Å². The van der Waals surface area contributed by atoms with Crippen LogP contribution in [-0.2, 0) is 11.0 Å². The number of carboxylic acids is 1. The smallest absolute Gasteiger partial charge is 0.416 e. The van der Waals surface area contributed by atoms with Gasteiger partial charge in [-0.2, -0.15) is 13.2 Å². The number of carbonyl (C=O) groups is 1. The fourth-order valence-corrected chi connectivity index (χ4v) is 1.83. The molecule has 1 rings (SSSR count). The van der Waals surface area contributed by atoms with E-state index in [9.17, 15) is 23.1 Å². The lowest BCUT2D eigenvalue weighted by Gasteiger charge is -2.18. The quantitative estimate of drug-likeness (QED) is 0.795. The highest BCUT2D eigenvalue weighted by Crippen LogP contribution is 2.40. The number of phenols is 1. The van der Waals surface area contributed by atoms with Crippen molar-refractivity contribution in [1.29, 1.82) is 0 Å². The maximum atomic E-state index is 12.8. The van der Waals surface area contributed by atoms with Gasteiger partial charge in [-0.05, 0) is 33.6 Å². The molecule has 0 bridgehead atoms. The first-order chi connectivity index (χ1) is 8.18. The molecule has 0 radical (unpaired) electrons. The Balaban J connectivity index is 3.50. The van der Waals surface area contributed by atoms with Gasteiger partial charge in [-0.15, -0.1) is 0 Å². The number of hydrogen-bond donors (Lipinski definition) is 3. The fourth-order valence-electron chi connectivity index (χ4n) is 1.47. The van der Waals surface area contributed by atoms with Crippen molar-refractivity contribution in [2.45, 2.75) is 12.1 Å². The van der Waals surface area contributed by atoms with Gasteiger partial charge in [0.25, 0.3) is 0 Å². The van der Waals surface area contributed by atoms with E-state index in [4.69, 9.17) is 10.8 Å². The largest absolute Gasteiger partial charge is 0.507 e. The molecule has 0 spiro atoms. The molecule has 0 amide bonds. The highest BCUT2D eigenvalue weighted by Gasteiger charge is 2.37. The molecule has 0 fully saturated rings. The van der Waals surface area contributed by atoms with Crippen LogP contribution in [0.15, 0.2) is 16.6 Å². The molecule has 1 unspecified atom stereocenters. The second-order valence-corrected chi connectivity index (χ2v) is 4.37. The summed E-state index contributed by atoms with van der Waals surface area (Å²) in [6.07, 6.45) is -4.77. The fraction of sp³-hybridized carbons (Fsp3) is 0.300. The Morgan fingerprint density at radius 1 is 1.44 bits per heavy atom. The molecule has 100 valence electrons. The van der Waals surface area contributed by atoms with Crippen LogP contribution in [0.4, 0.5) is 13.2 Å². The molecular formula is C10H9BrF3NO3. The molecule has 0 saturated carbocycles. The highest BCUT2D eigenvalue weighted by molar-refractivity contribution is 9.10. The van der Waals surface area contributed by atoms with E-state index in [1.54, 1.807) is 0 Å². The molecule has 1 aromatic rings. The molecule has 8 heteroatoms. The third kappa shape index (κ3) is 2.94. The molecule has 0 saturated heterocycles. The Morgan fingerprint density at radius 3 is 2.39 bits per heavy atom. The predicted octanol–water partition coefficient (Wildman–Crippen LogP) is 2.30. The Kier molecular flexibility index (Phi) is 4.23. The van der Waals surface area contributed by atoms with Crippen molar-refractivity contribution >= 4 is 21.9 Å². The number of aliphatic carboxylic acids is 1. The van der Waals surface area contributed by atoms with Crippen molar-refractivity contribution in [1.82, 2.24) is 0 Å². The normalized spacial score (nSPS) is 13.4. The third-order valence-corrected chi connectivity index (χ3v) is 2.97. The second kappa shape index (κ2) is 5.15. The number of phenolic OH excluding ortho intramolecular Hbond substituents is 1. The minimum Gasteiger partial charge on any atom is -0.507 e. The standard InChI is InChI=1S/C10H9BrF3NO3/c11-7-1-4(5(3-15)9(17)18)6(2-8(7)16)10(12,13)14/h1-2,5,16H,3,15H2,(H,17,18). The molecule has 0 aliphatic rings. The zero-order chi connectivity index (χ0) is 14.1. The maximum Gasteiger partial charge on any atom is 0.416 e. The van der Waals surface area contributed by atoms with Gasteiger partial charge in [0.05, 0.1) is 16.0 Å². The summed E-state index contributed by atoms with van der Waals surface area (Å²) in [6.45, 7) is -0.477. The van der Waals surface area contributed by atoms with Crippen LogP contribution in [0.5, 0.6) is 5.75 Å². The Bertz CT molecular complexity index is 476. The summed E-state index contributed by atoms with van der Waals surface area (Å²) < 4.78 is 38.3. The summed E-state index contributed by atoms with van der Waals surface area (Å²) in [6, 6.07) is 1.40. The first kappa shape index (κ1) is 14.8. The molecule has 4 nitrogen and oxygen atoms in total. The number of alkyl halides is 3. The Morgan fingerprint density at radius 2 is 2.00 bits per heavy atom. The van der Waals surface area contributed by atoms with Crippen molar-refractivity contribution < 1.29 is 28.2 Å². The van der Waals surface area contributed by atoms with Crippen LogP contribution in [-0.4, -0.2) is 22.7 Å². The molecule has 0 heterocycles. The molecule has 1 aromatic carbocycles. The van der Waals surface area contributed by atoms with E-state index in [-0.39, 0.29) is 4.47 Å². The number of hydrogen-bond acceptors (Lipinski definition) is 3. The minimum absolute atomic E-state index is 0.0230. The number of benzene rings is 1. The van der Waals surface area contributed by atoms with E-state index in [1.165, 1.54) is 0 Å². The first-order valence-corrected chi connectivity index (χ1v) is 5.50. The van der Waals surface area contributed by atoms with Gasteiger partial charge >= 0.3 is 12.1 Å². The van der Waals surface area contributed by atoms with Gasteiger partial charge < -0.3 is 15.9 Å². The van der Waals surface area contributed by atoms with Crippen LogP contribution in [0.3, 0.4) is 0 Å². The lowest BCUT2D eigenvalue weighted by atomic mass is 9.93. The van der Waals surface area contributed by atoms with E-state index in [0.717, 1.165) is 6.07 Å². The SMILES string of the molecule is NCC(C(=O)O)c1cc(Br)c(O)cc1C(F)(F)F. The van der Waals surface area contributed by atoms with Crippen molar-refractivity contribution in [2.24, 2.45) is 5.73 Å². The number of aromatic hydroxyl groups is 1. The summed E-state index contributed by atoms with van der Waals surface area (Å²) in [5, 5.41) is 18.1. The Hall–Kier alpha value is -1.28. The maximum absolute atomic E-state index is 12.8. The summed E-state index contributed by atoms with van der Waals surface area (Å²) >= 11 is 2.84. The van der Waals surface area contributed by atoms with Gasteiger partial charge in [-0.3, -0.25) is 4.79 Å². The van der Waals surface area contributed by atoms with Gasteiger partial charge in [0.15, 0.2) is 0 Å². The number of rotatable bonds is 3. The number of carboxylic acid groups (broad SMARTS) is 1. The van der Waals surface area contributed by atoms with Crippen molar-refractivity contribution in [2.75, 3.05) is 6.54 Å². The van der Waals surface area contributed by atoms with Gasteiger partial charge in [0, 0.05) is 6.54 Å². The topological polar surface area (TPSA) is 83.6 Å². The van der Waals surface area contributed by atoms with Gasteiger partial charge in [-0.25, -0.2) is 0 Å². The lowest BCUT2D eigenvalue weighted by Crippen LogP contribution is -2.24. The number of halogens is 4. The highest BCUT2D eigenvalue weighted by atomic mass is 79.9. The lowest BCUT2D eigenvalue weighted by molar-refractivity contribution is -0.141. The van der Waals surface area contributed by atoms with Crippen molar-refractivity contribution in [3.8, 4) is 5.75 Å². The summed E-state index contributed by atoms with van der Waals surface area (Å²) in [4.78, 5) is 10.9. The van der Waals surface area contributed by atoms with E-state index in [1.807, 2.05) is 0 Å². The van der Waals surface area contributed by atoms with Crippen LogP contribution < -0.4 is 5.73 Å². The molecule has 1 atom stereocenters. The number of nitrogens with two attached hydrogens (primary N) is 1. The van der Waals surface area contributed by atoms with Gasteiger partial charge in [0.2, 0.25) is 0 Å². The summed E-state index contributed by atoms with van der Waals surface area (Å²) in [5.74, 6) is -3.56. The van der Waals surface area contributed by atoms with Crippen LogP contribution in [0.25, 0.3) is 0 Å². The van der Waals surface area contributed by atoms with Crippen molar-refractivity contribution in [3.63, 3.8) is 0 Å². The zero-order valence-electron chi connectivity index (χ0n) is 8.83. The molecule has 0 aliphatic carbocycles. The third-order valence-electron chi connectivity index (χ3n) is 2.33. The Labute approximate surface area is 108 Å². The van der Waals surface area contributed by atoms with Crippen LogP contribution in [0, 0.1) is 0 Å². The van der Waals surface area contributed by atoms with Gasteiger partial charge in [-0.1, -0.05) is 0 Å². The molecule has 0 aromatic heterocycles. The zero-order valence-corrected chi connectivity index (χ0v) is 10.4. The van der Waals surface area contributed by atoms with Crippen molar-refractivity contribution in [3.05, 3.63) is 27.7 Å². The second-order valence-electron chi connectivity index (χ2n) is 3.52. The monoisotopic (exact) mass is 327 g/mol. The predicted molar refractivity (Wildman–Crippen MR) is 60.2 cm³/mol. The van der Waals surface area contributed by atoms with E-state index in [2.05, 4.69) is 15.9 Å². The molecular weight excluding hydrogens is 319 g/mol. The summed E-state index contributed by atoms with van der Waals surface area (Å²) in [7, 11) is 0. The van der Waals surface area contributed by atoms with E-state index in [0.29, 0.717) is 6.07 Å². The summed E-state index contributed by atoms with van der Waals surface area (Å²) in [5.41, 5.74) is 3.49. The van der Waals surface area contributed by atoms with E-state index < -0.39 is 41.5 Å². The molecule has 18 heavy (non-hydrogen) atoms. The average Bonchev–Trinajstić information content (AvgIpc) is 2.21. The van der Waals surface area contributed by atoms with Gasteiger partial charge in [0.1, 0.15) is 5.75 Å². The van der Waals surface area contributed by atoms with Crippen LogP contribution in [0.2, 0.25) is 0 Å². The average molecular weight is 328 g/mol. The molecule has 4 N–H and O–H groups in total. The van der Waals surface area contributed by atoms with E-state index >= 15 is 0 Å². The minimum atomic E-state index is -4.77.